The summed E-state index contributed by atoms with van der Waals surface area (Å²) in [5.41, 5.74) is 17.2. The van der Waals surface area contributed by atoms with Gasteiger partial charge < -0.3 is 9.64 Å². The molecule has 0 atom stereocenters. The van der Waals surface area contributed by atoms with E-state index in [4.69, 9.17) is 4.74 Å². The van der Waals surface area contributed by atoms with E-state index in [0.29, 0.717) is 0 Å². The van der Waals surface area contributed by atoms with Gasteiger partial charge in [-0.15, -0.1) is 0 Å². The van der Waals surface area contributed by atoms with Gasteiger partial charge in [-0.3, -0.25) is 0 Å². The van der Waals surface area contributed by atoms with Crippen LogP contribution in [-0.4, -0.2) is 0 Å². The average Bonchev–Trinajstić information content (AvgIpc) is 3.58. The summed E-state index contributed by atoms with van der Waals surface area (Å²) in [6, 6.07) is 81.0. The van der Waals surface area contributed by atoms with Crippen LogP contribution in [0.5, 0.6) is 11.5 Å². The summed E-state index contributed by atoms with van der Waals surface area (Å²) in [6.07, 6.45) is 0. The maximum atomic E-state index is 6.79. The molecule has 1 aliphatic carbocycles. The molecule has 2 aliphatic rings. The number of para-hydroxylation sites is 2. The van der Waals surface area contributed by atoms with E-state index in [0.717, 1.165) is 45.3 Å². The zero-order valence-electron chi connectivity index (χ0n) is 31.2. The highest BCUT2D eigenvalue weighted by Gasteiger charge is 2.51. The molecule has 0 fully saturated rings. The summed E-state index contributed by atoms with van der Waals surface area (Å²) in [5, 5.41) is 0. The Morgan fingerprint density at radius 1 is 0.298 bits per heavy atom. The number of rotatable bonds is 6. The van der Waals surface area contributed by atoms with Crippen LogP contribution in [0.3, 0.4) is 0 Å². The molecule has 1 heterocycles. The van der Waals surface area contributed by atoms with Crippen molar-refractivity contribution < 1.29 is 4.74 Å². The SMILES string of the molecule is c1ccc(-c2ccc(N(c3ccc(-c4ccccc4)cc3)c3ccccc3-c3ccc4c(c3)C3(c5ccccc5O4)c4ccccc4-c4ccccc43)cc2)cc1. The zero-order valence-corrected chi connectivity index (χ0v) is 31.2. The van der Waals surface area contributed by atoms with Crippen LogP contribution in [0.4, 0.5) is 17.1 Å². The first-order chi connectivity index (χ1) is 28.3. The van der Waals surface area contributed by atoms with Crippen molar-refractivity contribution in [2.24, 2.45) is 0 Å². The Balaban J connectivity index is 1.10. The molecular formula is C55H37NO. The second-order valence-electron chi connectivity index (χ2n) is 14.8. The first kappa shape index (κ1) is 33.0. The lowest BCUT2D eigenvalue weighted by molar-refractivity contribution is 0.436. The van der Waals surface area contributed by atoms with Gasteiger partial charge >= 0.3 is 0 Å². The minimum atomic E-state index is -0.539. The number of fused-ring (bicyclic) bond motifs is 9. The van der Waals surface area contributed by atoms with Crippen molar-refractivity contribution >= 4 is 17.1 Å². The number of ether oxygens (including phenoxy) is 1. The third kappa shape index (κ3) is 5.26. The molecule has 0 N–H and O–H groups in total. The zero-order chi connectivity index (χ0) is 37.8. The summed E-state index contributed by atoms with van der Waals surface area (Å²) in [5.74, 6) is 1.78. The lowest BCUT2D eigenvalue weighted by atomic mass is 9.66. The summed E-state index contributed by atoms with van der Waals surface area (Å²) in [4.78, 5) is 2.39. The lowest BCUT2D eigenvalue weighted by Gasteiger charge is -2.39. The highest BCUT2D eigenvalue weighted by atomic mass is 16.5. The molecule has 1 spiro atoms. The van der Waals surface area contributed by atoms with Gasteiger partial charge in [0.1, 0.15) is 11.5 Å². The molecule has 9 aromatic rings. The van der Waals surface area contributed by atoms with Crippen LogP contribution < -0.4 is 9.64 Å². The number of anilines is 3. The molecule has 0 amide bonds. The number of benzene rings is 9. The second kappa shape index (κ2) is 13.4. The minimum Gasteiger partial charge on any atom is -0.457 e. The number of hydrogen-bond acceptors (Lipinski definition) is 2. The van der Waals surface area contributed by atoms with E-state index in [9.17, 15) is 0 Å². The number of nitrogens with zero attached hydrogens (tertiary/aromatic N) is 1. The van der Waals surface area contributed by atoms with Crippen molar-refractivity contribution in [3.8, 4) is 56.0 Å². The molecular weight excluding hydrogens is 691 g/mol. The second-order valence-corrected chi connectivity index (χ2v) is 14.8. The van der Waals surface area contributed by atoms with Crippen molar-refractivity contribution in [3.05, 3.63) is 247 Å². The van der Waals surface area contributed by atoms with Crippen LogP contribution in [0.1, 0.15) is 22.3 Å². The molecule has 2 nitrogen and oxygen atoms in total. The molecule has 57 heavy (non-hydrogen) atoms. The summed E-state index contributed by atoms with van der Waals surface area (Å²) in [6.45, 7) is 0. The quantitative estimate of drug-likeness (QED) is 0.169. The maximum absolute atomic E-state index is 6.79. The minimum absolute atomic E-state index is 0.539. The number of hydrogen-bond donors (Lipinski definition) is 0. The molecule has 0 aromatic heterocycles. The molecule has 0 bridgehead atoms. The molecule has 0 saturated heterocycles. The normalized spacial score (nSPS) is 12.8. The third-order valence-electron chi connectivity index (χ3n) is 11.8. The Morgan fingerprint density at radius 2 is 0.719 bits per heavy atom. The Hall–Kier alpha value is -7.42. The fraction of sp³-hybridized carbons (Fsp3) is 0.0182. The van der Waals surface area contributed by atoms with E-state index < -0.39 is 5.41 Å². The standard InChI is InChI=1S/C55H37NO/c1-3-15-38(16-4-1)40-27-32-43(33-28-40)56(44-34-29-41(30-35-44)39-17-5-2-6-18-39)52-25-13-9-19-45(52)42-31-36-54-51(37-42)55(50-24-12-14-26-53(50)57-54)48-22-10-7-20-46(48)47-21-8-11-23-49(47)55/h1-37H. The van der Waals surface area contributed by atoms with Crippen molar-refractivity contribution in [1.29, 1.82) is 0 Å². The van der Waals surface area contributed by atoms with Gasteiger partial charge in [0.2, 0.25) is 0 Å². The van der Waals surface area contributed by atoms with Crippen LogP contribution >= 0.6 is 0 Å². The maximum Gasteiger partial charge on any atom is 0.132 e. The first-order valence-electron chi connectivity index (χ1n) is 19.6. The third-order valence-corrected chi connectivity index (χ3v) is 11.8. The van der Waals surface area contributed by atoms with Crippen LogP contribution in [0.15, 0.2) is 224 Å². The smallest absolute Gasteiger partial charge is 0.132 e. The lowest BCUT2D eigenvalue weighted by Crippen LogP contribution is -2.32. The molecule has 268 valence electrons. The molecule has 9 aromatic carbocycles. The van der Waals surface area contributed by atoms with Crippen LogP contribution in [0, 0.1) is 0 Å². The van der Waals surface area contributed by atoms with Gasteiger partial charge in [0.15, 0.2) is 0 Å². The van der Waals surface area contributed by atoms with E-state index in [2.05, 4.69) is 229 Å². The van der Waals surface area contributed by atoms with E-state index in [1.54, 1.807) is 0 Å². The van der Waals surface area contributed by atoms with Crippen molar-refractivity contribution in [2.45, 2.75) is 5.41 Å². The molecule has 1 aliphatic heterocycles. The average molecular weight is 728 g/mol. The largest absolute Gasteiger partial charge is 0.457 e. The van der Waals surface area contributed by atoms with Crippen LogP contribution in [0.2, 0.25) is 0 Å². The molecule has 0 radical (unpaired) electrons. The molecule has 0 unspecified atom stereocenters. The molecule has 2 heteroatoms. The van der Waals surface area contributed by atoms with E-state index >= 15 is 0 Å². The Kier molecular flexibility index (Phi) is 7.75. The van der Waals surface area contributed by atoms with Crippen LogP contribution in [-0.2, 0) is 5.41 Å². The molecule has 11 rings (SSSR count). The summed E-state index contributed by atoms with van der Waals surface area (Å²) < 4.78 is 6.79. The fourth-order valence-electron chi connectivity index (χ4n) is 9.23. The topological polar surface area (TPSA) is 12.5 Å². The van der Waals surface area contributed by atoms with E-state index in [-0.39, 0.29) is 0 Å². The van der Waals surface area contributed by atoms with Gasteiger partial charge in [0.05, 0.1) is 11.1 Å². The van der Waals surface area contributed by atoms with Crippen LogP contribution in [0.25, 0.3) is 44.5 Å². The highest BCUT2D eigenvalue weighted by molar-refractivity contribution is 5.92. The van der Waals surface area contributed by atoms with Gasteiger partial charge in [-0.2, -0.15) is 0 Å². The Morgan fingerprint density at radius 3 is 1.30 bits per heavy atom. The first-order valence-corrected chi connectivity index (χ1v) is 19.6. The van der Waals surface area contributed by atoms with Gasteiger partial charge in [-0.1, -0.05) is 176 Å². The van der Waals surface area contributed by atoms with Gasteiger partial charge in [-0.25, -0.2) is 0 Å². The Bertz CT molecular complexity index is 2790. The van der Waals surface area contributed by atoms with Crippen molar-refractivity contribution in [1.82, 2.24) is 0 Å². The van der Waals surface area contributed by atoms with Gasteiger partial charge in [-0.05, 0) is 98.6 Å². The Labute approximate surface area is 333 Å². The van der Waals surface area contributed by atoms with E-state index in [1.807, 2.05) is 0 Å². The monoisotopic (exact) mass is 727 g/mol. The highest BCUT2D eigenvalue weighted by Crippen LogP contribution is 2.62. The predicted molar refractivity (Wildman–Crippen MR) is 235 cm³/mol. The van der Waals surface area contributed by atoms with Gasteiger partial charge in [0.25, 0.3) is 0 Å². The van der Waals surface area contributed by atoms with Crippen molar-refractivity contribution in [3.63, 3.8) is 0 Å². The summed E-state index contributed by atoms with van der Waals surface area (Å²) in [7, 11) is 0. The summed E-state index contributed by atoms with van der Waals surface area (Å²) >= 11 is 0. The van der Waals surface area contributed by atoms with Crippen molar-refractivity contribution in [2.75, 3.05) is 4.90 Å². The fourth-order valence-corrected chi connectivity index (χ4v) is 9.23. The predicted octanol–water partition coefficient (Wildman–Crippen LogP) is 14.6. The molecule has 0 saturated carbocycles. The van der Waals surface area contributed by atoms with E-state index in [1.165, 1.54) is 50.1 Å². The van der Waals surface area contributed by atoms with Gasteiger partial charge in [0, 0.05) is 28.1 Å².